The monoisotopic (exact) mass is 254 g/mol. The van der Waals surface area contributed by atoms with Gasteiger partial charge in [-0.05, 0) is 25.8 Å². The first-order valence-corrected chi connectivity index (χ1v) is 6.47. The topological polar surface area (TPSA) is 74.4 Å². The maximum atomic E-state index is 9.89. The Balaban J connectivity index is 1.87. The molecule has 6 nitrogen and oxygen atoms in total. The zero-order valence-electron chi connectivity index (χ0n) is 11.3. The number of aliphatic hydroxyl groups is 1. The van der Waals surface area contributed by atoms with Gasteiger partial charge >= 0.3 is 6.01 Å². The molecule has 1 saturated heterocycles. The van der Waals surface area contributed by atoms with Crippen molar-refractivity contribution in [3.05, 3.63) is 5.89 Å². The van der Waals surface area contributed by atoms with Crippen LogP contribution in [-0.4, -0.2) is 40.5 Å². The van der Waals surface area contributed by atoms with Crippen molar-refractivity contribution in [1.82, 2.24) is 15.5 Å². The Kier molecular flexibility index (Phi) is 3.87. The highest BCUT2D eigenvalue weighted by Gasteiger charge is 2.33. The van der Waals surface area contributed by atoms with Gasteiger partial charge in [0.1, 0.15) is 0 Å². The van der Waals surface area contributed by atoms with Gasteiger partial charge in [0.25, 0.3) is 0 Å². The summed E-state index contributed by atoms with van der Waals surface area (Å²) in [6.45, 7) is 8.96. The van der Waals surface area contributed by atoms with Crippen molar-refractivity contribution in [2.45, 2.75) is 39.3 Å². The zero-order valence-corrected chi connectivity index (χ0v) is 11.3. The van der Waals surface area contributed by atoms with Crippen molar-refractivity contribution in [3.8, 4) is 0 Å². The van der Waals surface area contributed by atoms with Gasteiger partial charge in [0.15, 0.2) is 0 Å². The Morgan fingerprint density at radius 3 is 2.89 bits per heavy atom. The summed E-state index contributed by atoms with van der Waals surface area (Å²) in [6.07, 6.45) is 0.732. The van der Waals surface area contributed by atoms with Gasteiger partial charge in [0, 0.05) is 6.54 Å². The lowest BCUT2D eigenvalue weighted by Gasteiger charge is -2.16. The van der Waals surface area contributed by atoms with Gasteiger partial charge in [0.05, 0.1) is 18.7 Å². The number of nitrogens with one attached hydrogen (secondary N) is 1. The molecule has 1 fully saturated rings. The van der Waals surface area contributed by atoms with E-state index in [-0.39, 0.29) is 0 Å². The third-order valence-corrected chi connectivity index (χ3v) is 3.01. The number of aromatic nitrogens is 2. The Labute approximate surface area is 107 Å². The fourth-order valence-electron chi connectivity index (χ4n) is 2.02. The average Bonchev–Trinajstić information content (AvgIpc) is 2.84. The minimum atomic E-state index is -0.648. The summed E-state index contributed by atoms with van der Waals surface area (Å²) < 4.78 is 5.57. The van der Waals surface area contributed by atoms with Crippen LogP contribution in [0.15, 0.2) is 4.42 Å². The number of anilines is 1. The molecule has 1 aromatic heterocycles. The van der Waals surface area contributed by atoms with E-state index in [1.54, 1.807) is 0 Å². The van der Waals surface area contributed by atoms with Gasteiger partial charge in [-0.25, -0.2) is 0 Å². The van der Waals surface area contributed by atoms with Gasteiger partial charge in [-0.15, -0.1) is 5.10 Å². The number of hydrogen-bond acceptors (Lipinski definition) is 6. The summed E-state index contributed by atoms with van der Waals surface area (Å²) >= 11 is 0. The molecular weight excluding hydrogens is 232 g/mol. The molecule has 0 amide bonds. The summed E-state index contributed by atoms with van der Waals surface area (Å²) in [7, 11) is 0. The van der Waals surface area contributed by atoms with Crippen molar-refractivity contribution >= 4 is 6.01 Å². The molecule has 2 heterocycles. The molecule has 2 N–H and O–H groups in total. The van der Waals surface area contributed by atoms with E-state index in [0.29, 0.717) is 30.9 Å². The molecule has 1 unspecified atom stereocenters. The molecule has 0 aliphatic carbocycles. The van der Waals surface area contributed by atoms with Crippen LogP contribution in [0.25, 0.3) is 0 Å². The number of rotatable bonds is 5. The first-order chi connectivity index (χ1) is 8.46. The van der Waals surface area contributed by atoms with Gasteiger partial charge in [-0.3, -0.25) is 0 Å². The second kappa shape index (κ2) is 5.24. The largest absolute Gasteiger partial charge is 0.407 e. The minimum Gasteiger partial charge on any atom is -0.407 e. The Morgan fingerprint density at radius 2 is 2.28 bits per heavy atom. The summed E-state index contributed by atoms with van der Waals surface area (Å²) in [6, 6.07) is 0.508. The smallest absolute Gasteiger partial charge is 0.318 e. The molecule has 0 bridgehead atoms. The maximum absolute atomic E-state index is 9.89. The average molecular weight is 254 g/mol. The molecule has 0 aromatic carbocycles. The summed E-state index contributed by atoms with van der Waals surface area (Å²) in [5.74, 6) is 1.19. The van der Waals surface area contributed by atoms with E-state index in [2.05, 4.69) is 29.4 Å². The summed E-state index contributed by atoms with van der Waals surface area (Å²) in [5, 5.41) is 21.2. The predicted octanol–water partition coefficient (Wildman–Crippen LogP) is 0.776. The van der Waals surface area contributed by atoms with Crippen LogP contribution in [0.5, 0.6) is 0 Å². The SMILES string of the molecule is CC(C)CNCc1nnc(N2CCC(C)(O)C2)o1. The standard InChI is InChI=1S/C12H22N4O2/c1-9(2)6-13-7-10-14-15-11(18-10)16-5-4-12(3,17)8-16/h9,13,17H,4-8H2,1-3H3. The van der Waals surface area contributed by atoms with E-state index in [1.165, 1.54) is 0 Å². The van der Waals surface area contributed by atoms with E-state index in [9.17, 15) is 5.11 Å². The van der Waals surface area contributed by atoms with Crippen molar-refractivity contribution < 1.29 is 9.52 Å². The van der Waals surface area contributed by atoms with Crippen LogP contribution in [-0.2, 0) is 6.54 Å². The molecule has 1 aliphatic heterocycles. The van der Waals surface area contributed by atoms with E-state index < -0.39 is 5.60 Å². The normalized spacial score (nSPS) is 24.2. The molecule has 1 aromatic rings. The van der Waals surface area contributed by atoms with Crippen LogP contribution >= 0.6 is 0 Å². The highest BCUT2D eigenvalue weighted by Crippen LogP contribution is 2.25. The number of hydrogen-bond donors (Lipinski definition) is 2. The molecular formula is C12H22N4O2. The van der Waals surface area contributed by atoms with E-state index in [1.807, 2.05) is 11.8 Å². The number of nitrogens with zero attached hydrogens (tertiary/aromatic N) is 3. The molecule has 0 radical (unpaired) electrons. The molecule has 102 valence electrons. The molecule has 0 spiro atoms. The quantitative estimate of drug-likeness (QED) is 0.808. The molecule has 1 aliphatic rings. The third-order valence-electron chi connectivity index (χ3n) is 3.01. The van der Waals surface area contributed by atoms with Crippen LogP contribution in [0.3, 0.4) is 0 Å². The molecule has 0 saturated carbocycles. The zero-order chi connectivity index (χ0) is 13.2. The van der Waals surface area contributed by atoms with Crippen molar-refractivity contribution in [2.24, 2.45) is 5.92 Å². The van der Waals surface area contributed by atoms with Crippen LogP contribution in [0.4, 0.5) is 6.01 Å². The fraction of sp³-hybridized carbons (Fsp3) is 0.833. The maximum Gasteiger partial charge on any atom is 0.318 e. The van der Waals surface area contributed by atoms with Crippen LogP contribution in [0.2, 0.25) is 0 Å². The summed E-state index contributed by atoms with van der Waals surface area (Å²) in [5.41, 5.74) is -0.648. The van der Waals surface area contributed by atoms with E-state index in [0.717, 1.165) is 19.5 Å². The van der Waals surface area contributed by atoms with Gasteiger partial charge in [-0.2, -0.15) is 0 Å². The van der Waals surface area contributed by atoms with Crippen molar-refractivity contribution in [3.63, 3.8) is 0 Å². The van der Waals surface area contributed by atoms with Gasteiger partial charge in [0.2, 0.25) is 5.89 Å². The van der Waals surface area contributed by atoms with Gasteiger partial charge in [-0.1, -0.05) is 18.9 Å². The number of β-amino-alcohol motifs (C(OH)–C–C–N with tert-alkyl or cyclic N) is 1. The van der Waals surface area contributed by atoms with E-state index in [4.69, 9.17) is 4.42 Å². The highest BCUT2D eigenvalue weighted by atomic mass is 16.4. The third kappa shape index (κ3) is 3.43. The lowest BCUT2D eigenvalue weighted by molar-refractivity contribution is 0.0836. The Hall–Kier alpha value is -1.14. The van der Waals surface area contributed by atoms with Crippen molar-refractivity contribution in [1.29, 1.82) is 0 Å². The second-order valence-corrected chi connectivity index (χ2v) is 5.67. The predicted molar refractivity (Wildman–Crippen MR) is 68.3 cm³/mol. The molecule has 6 heteroatoms. The molecule has 1 atom stereocenters. The Morgan fingerprint density at radius 1 is 1.50 bits per heavy atom. The van der Waals surface area contributed by atoms with Crippen LogP contribution in [0, 0.1) is 5.92 Å². The lowest BCUT2D eigenvalue weighted by Crippen LogP contribution is -2.29. The van der Waals surface area contributed by atoms with Crippen LogP contribution in [0.1, 0.15) is 33.1 Å². The second-order valence-electron chi connectivity index (χ2n) is 5.67. The first-order valence-electron chi connectivity index (χ1n) is 6.47. The minimum absolute atomic E-state index is 0.508. The first kappa shape index (κ1) is 13.3. The van der Waals surface area contributed by atoms with Crippen LogP contribution < -0.4 is 10.2 Å². The van der Waals surface area contributed by atoms with Gasteiger partial charge < -0.3 is 19.7 Å². The lowest BCUT2D eigenvalue weighted by atomic mass is 10.1. The van der Waals surface area contributed by atoms with E-state index >= 15 is 0 Å². The highest BCUT2D eigenvalue weighted by molar-refractivity contribution is 5.28. The molecule has 18 heavy (non-hydrogen) atoms. The summed E-state index contributed by atoms with van der Waals surface area (Å²) in [4.78, 5) is 1.93. The Bertz CT molecular complexity index is 389. The molecule has 2 rings (SSSR count). The fourth-order valence-corrected chi connectivity index (χ4v) is 2.02. The van der Waals surface area contributed by atoms with Crippen molar-refractivity contribution in [2.75, 3.05) is 24.5 Å².